The lowest BCUT2D eigenvalue weighted by Crippen LogP contribution is -2.38. The summed E-state index contributed by atoms with van der Waals surface area (Å²) in [6, 6.07) is 1.85. The lowest BCUT2D eigenvalue weighted by atomic mass is 10.0. The molecule has 0 aromatic rings. The summed E-state index contributed by atoms with van der Waals surface area (Å²) in [5.74, 6) is 2.89. The molecule has 0 radical (unpaired) electrons. The van der Waals surface area contributed by atoms with Crippen LogP contribution in [0.3, 0.4) is 0 Å². The molecule has 0 bridgehead atoms. The Bertz CT molecular complexity index is 407. The number of nitrogens with two attached hydrogens (primary N) is 1. The van der Waals surface area contributed by atoms with Gasteiger partial charge in [-0.2, -0.15) is 5.26 Å². The van der Waals surface area contributed by atoms with Crippen molar-refractivity contribution in [3.05, 3.63) is 0 Å². The molecule has 1 heterocycles. The quantitative estimate of drug-likeness (QED) is 0.845. The second-order valence-electron chi connectivity index (χ2n) is 7.00. The molecule has 2 saturated carbocycles. The van der Waals surface area contributed by atoms with Crippen LogP contribution in [-0.2, 0) is 9.53 Å². The molecule has 2 unspecified atom stereocenters. The van der Waals surface area contributed by atoms with Gasteiger partial charge in [0.25, 0.3) is 0 Å². The number of amides is 1. The molecule has 3 fully saturated rings. The van der Waals surface area contributed by atoms with Crippen LogP contribution in [0, 0.1) is 29.1 Å². The van der Waals surface area contributed by atoms with E-state index in [0.29, 0.717) is 12.6 Å². The standard InChI is InChI=1S/C10H18O.C7H11N3O/c1-7-3-8-5-10(11-2)6-9(8)4-7;8-4-6-2-1-3-10(6)7(11)5-9/h7-10H,3-6H2,1-2H3;6H,1-3,5,9H2/t7?,8-,9+,10?;6-/m.0/s1. The van der Waals surface area contributed by atoms with Gasteiger partial charge in [-0.05, 0) is 56.3 Å². The minimum atomic E-state index is -0.231. The normalized spacial score (nSPS) is 36.5. The number of nitrogens with zero attached hydrogens (tertiary/aromatic N) is 2. The van der Waals surface area contributed by atoms with Crippen molar-refractivity contribution < 1.29 is 9.53 Å². The maximum absolute atomic E-state index is 11.0. The first kappa shape index (κ1) is 17.2. The fraction of sp³-hybridized carbons (Fsp3) is 0.882. The van der Waals surface area contributed by atoms with E-state index < -0.39 is 0 Å². The third kappa shape index (κ3) is 3.99. The van der Waals surface area contributed by atoms with Gasteiger partial charge in [0.05, 0.1) is 18.7 Å². The van der Waals surface area contributed by atoms with Crippen LogP contribution < -0.4 is 5.73 Å². The zero-order chi connectivity index (χ0) is 16.1. The molecule has 0 aromatic carbocycles. The number of hydrogen-bond acceptors (Lipinski definition) is 4. The molecule has 3 aliphatic rings. The Hall–Kier alpha value is -1.12. The average Bonchev–Trinajstić information content (AvgIpc) is 3.20. The minimum Gasteiger partial charge on any atom is -0.381 e. The third-order valence-electron chi connectivity index (χ3n) is 5.44. The van der Waals surface area contributed by atoms with E-state index in [1.807, 2.05) is 7.11 Å². The van der Waals surface area contributed by atoms with Gasteiger partial charge in [0.2, 0.25) is 5.91 Å². The number of nitriles is 1. The fourth-order valence-corrected chi connectivity index (χ4v) is 4.37. The third-order valence-corrected chi connectivity index (χ3v) is 5.44. The molecule has 22 heavy (non-hydrogen) atoms. The SMILES string of the molecule is COC1C[C@H]2CC(C)C[C@H]2C1.N#C[C@@H]1CCCN1C(=O)CN. The lowest BCUT2D eigenvalue weighted by Gasteiger charge is -2.17. The topological polar surface area (TPSA) is 79.3 Å². The van der Waals surface area contributed by atoms with Gasteiger partial charge in [0, 0.05) is 13.7 Å². The van der Waals surface area contributed by atoms with E-state index in [-0.39, 0.29) is 18.5 Å². The number of fused-ring (bicyclic) bond motifs is 1. The zero-order valence-electron chi connectivity index (χ0n) is 13.8. The molecule has 0 spiro atoms. The van der Waals surface area contributed by atoms with Crippen LogP contribution in [0.2, 0.25) is 0 Å². The summed E-state index contributed by atoms with van der Waals surface area (Å²) in [6.07, 6.45) is 7.91. The highest BCUT2D eigenvalue weighted by Crippen LogP contribution is 2.47. The van der Waals surface area contributed by atoms with Crippen LogP contribution in [-0.4, -0.2) is 43.2 Å². The summed E-state index contributed by atoms with van der Waals surface area (Å²) >= 11 is 0. The van der Waals surface area contributed by atoms with Crippen molar-refractivity contribution >= 4 is 5.91 Å². The second kappa shape index (κ2) is 7.94. The van der Waals surface area contributed by atoms with Crippen molar-refractivity contribution in [2.45, 2.75) is 57.6 Å². The van der Waals surface area contributed by atoms with Gasteiger partial charge >= 0.3 is 0 Å². The summed E-state index contributed by atoms with van der Waals surface area (Å²) in [5, 5.41) is 8.60. The average molecular weight is 307 g/mol. The monoisotopic (exact) mass is 307 g/mol. The molecule has 1 aliphatic heterocycles. The molecule has 2 N–H and O–H groups in total. The maximum Gasteiger partial charge on any atom is 0.237 e. The predicted molar refractivity (Wildman–Crippen MR) is 84.8 cm³/mol. The van der Waals surface area contributed by atoms with Crippen LogP contribution in [0.5, 0.6) is 0 Å². The Balaban J connectivity index is 0.000000160. The van der Waals surface area contributed by atoms with Crippen LogP contribution in [0.15, 0.2) is 0 Å². The maximum atomic E-state index is 11.0. The Morgan fingerprint density at radius 3 is 2.45 bits per heavy atom. The Morgan fingerprint density at radius 1 is 1.32 bits per heavy atom. The van der Waals surface area contributed by atoms with Gasteiger partial charge < -0.3 is 15.4 Å². The van der Waals surface area contributed by atoms with E-state index in [1.165, 1.54) is 25.7 Å². The van der Waals surface area contributed by atoms with E-state index in [9.17, 15) is 4.79 Å². The van der Waals surface area contributed by atoms with Crippen molar-refractivity contribution in [1.82, 2.24) is 4.90 Å². The molecule has 124 valence electrons. The number of ether oxygens (including phenoxy) is 1. The molecular weight excluding hydrogens is 278 g/mol. The number of likely N-dealkylation sites (tertiary alicyclic amines) is 1. The molecule has 5 nitrogen and oxygen atoms in total. The first-order valence-electron chi connectivity index (χ1n) is 8.51. The first-order chi connectivity index (χ1) is 10.6. The van der Waals surface area contributed by atoms with Gasteiger partial charge in [0.1, 0.15) is 6.04 Å². The summed E-state index contributed by atoms with van der Waals surface area (Å²) in [7, 11) is 1.86. The Morgan fingerprint density at radius 2 is 1.95 bits per heavy atom. The van der Waals surface area contributed by atoms with Gasteiger partial charge in [-0.15, -0.1) is 0 Å². The summed E-state index contributed by atoms with van der Waals surface area (Å²) < 4.78 is 5.38. The van der Waals surface area contributed by atoms with Crippen molar-refractivity contribution in [2.75, 3.05) is 20.2 Å². The smallest absolute Gasteiger partial charge is 0.237 e. The van der Waals surface area contributed by atoms with Gasteiger partial charge in [-0.3, -0.25) is 4.79 Å². The van der Waals surface area contributed by atoms with Crippen LogP contribution in [0.4, 0.5) is 0 Å². The predicted octanol–water partition coefficient (Wildman–Crippen LogP) is 1.92. The lowest BCUT2D eigenvalue weighted by molar-refractivity contribution is -0.129. The second-order valence-corrected chi connectivity index (χ2v) is 7.00. The zero-order valence-corrected chi connectivity index (χ0v) is 13.8. The summed E-state index contributed by atoms with van der Waals surface area (Å²) in [4.78, 5) is 12.6. The van der Waals surface area contributed by atoms with Gasteiger partial charge in [0.15, 0.2) is 0 Å². The fourth-order valence-electron chi connectivity index (χ4n) is 4.37. The number of methoxy groups -OCH3 is 1. The highest BCUT2D eigenvalue weighted by atomic mass is 16.5. The number of hydrogen-bond donors (Lipinski definition) is 1. The van der Waals surface area contributed by atoms with Crippen molar-refractivity contribution in [3.8, 4) is 6.07 Å². The van der Waals surface area contributed by atoms with E-state index in [4.69, 9.17) is 15.7 Å². The number of carbonyl (C=O) groups is 1. The van der Waals surface area contributed by atoms with Crippen LogP contribution >= 0.6 is 0 Å². The molecule has 2 aliphatic carbocycles. The van der Waals surface area contributed by atoms with Gasteiger partial charge in [-0.1, -0.05) is 6.92 Å². The number of rotatable bonds is 2. The van der Waals surface area contributed by atoms with E-state index in [1.54, 1.807) is 4.90 Å². The van der Waals surface area contributed by atoms with Gasteiger partial charge in [-0.25, -0.2) is 0 Å². The molecule has 3 rings (SSSR count). The van der Waals surface area contributed by atoms with Crippen molar-refractivity contribution in [3.63, 3.8) is 0 Å². The summed E-state index contributed by atoms with van der Waals surface area (Å²) in [5.41, 5.74) is 5.17. The summed E-state index contributed by atoms with van der Waals surface area (Å²) in [6.45, 7) is 3.09. The van der Waals surface area contributed by atoms with Crippen LogP contribution in [0.25, 0.3) is 0 Å². The van der Waals surface area contributed by atoms with Crippen molar-refractivity contribution in [1.29, 1.82) is 5.26 Å². The molecule has 1 amide bonds. The Labute approximate surface area is 133 Å². The van der Waals surface area contributed by atoms with E-state index >= 15 is 0 Å². The molecule has 0 aromatic heterocycles. The van der Waals surface area contributed by atoms with Crippen molar-refractivity contribution in [2.24, 2.45) is 23.5 Å². The van der Waals surface area contributed by atoms with E-state index in [0.717, 1.165) is 30.6 Å². The number of carbonyl (C=O) groups excluding carboxylic acids is 1. The molecular formula is C17H29N3O2. The first-order valence-corrected chi connectivity index (χ1v) is 8.51. The van der Waals surface area contributed by atoms with Crippen LogP contribution in [0.1, 0.15) is 45.4 Å². The molecule has 5 atom stereocenters. The molecule has 5 heteroatoms. The highest BCUT2D eigenvalue weighted by molar-refractivity contribution is 5.78. The largest absolute Gasteiger partial charge is 0.381 e. The Kier molecular flexibility index (Phi) is 6.22. The highest BCUT2D eigenvalue weighted by Gasteiger charge is 2.40. The molecule has 1 saturated heterocycles. The van der Waals surface area contributed by atoms with E-state index in [2.05, 4.69) is 13.0 Å². The minimum absolute atomic E-state index is 0.0121.